The fourth-order valence-electron chi connectivity index (χ4n) is 5.08. The van der Waals surface area contributed by atoms with E-state index < -0.39 is 17.7 Å². The molecule has 1 unspecified atom stereocenters. The van der Waals surface area contributed by atoms with Gasteiger partial charge in [0.1, 0.15) is 11.5 Å². The van der Waals surface area contributed by atoms with Crippen LogP contribution < -0.4 is 9.64 Å². The summed E-state index contributed by atoms with van der Waals surface area (Å²) in [6, 6.07) is 27.2. The molecule has 2 N–H and O–H groups in total. The van der Waals surface area contributed by atoms with Gasteiger partial charge in [0, 0.05) is 33.9 Å². The number of nitrogens with one attached hydrogen (secondary N) is 1. The summed E-state index contributed by atoms with van der Waals surface area (Å²) in [5.74, 6) is -0.952. The van der Waals surface area contributed by atoms with Crippen LogP contribution >= 0.6 is 0 Å². The van der Waals surface area contributed by atoms with Gasteiger partial charge in [-0.3, -0.25) is 14.5 Å². The molecular weight excluding hydrogens is 464 g/mol. The third kappa shape index (κ3) is 3.74. The Morgan fingerprint density at radius 3 is 2.43 bits per heavy atom. The lowest BCUT2D eigenvalue weighted by molar-refractivity contribution is -0.132. The number of fused-ring (bicyclic) bond motifs is 2. The molecule has 1 aliphatic rings. The Bertz CT molecular complexity index is 1700. The lowest BCUT2D eigenvalue weighted by atomic mass is 9.94. The number of anilines is 1. The second-order valence-electron chi connectivity index (χ2n) is 8.95. The molecule has 0 bridgehead atoms. The van der Waals surface area contributed by atoms with Crippen LogP contribution in [0.1, 0.15) is 24.1 Å². The van der Waals surface area contributed by atoms with E-state index in [0.29, 0.717) is 23.6 Å². The standard InChI is InChI=1S/C31H24N2O4/c1-2-37-23-15-13-22(14-16-23)33-28(25-18-32-26-10-6-5-9-24(25)26)27(30(35)31(33)36)29(34)21-12-11-19-7-3-4-8-20(19)17-21/h3-18,28,32,34H,2H2,1H3/b29-27+. The van der Waals surface area contributed by atoms with Crippen molar-refractivity contribution in [3.63, 3.8) is 0 Å². The van der Waals surface area contributed by atoms with Crippen LogP contribution in [-0.4, -0.2) is 28.4 Å². The summed E-state index contributed by atoms with van der Waals surface area (Å²) in [6.07, 6.45) is 1.80. The number of nitrogens with zero attached hydrogens (tertiary/aromatic N) is 1. The highest BCUT2D eigenvalue weighted by atomic mass is 16.5. The first-order valence-corrected chi connectivity index (χ1v) is 12.2. The van der Waals surface area contributed by atoms with Crippen LogP contribution in [0.15, 0.2) is 103 Å². The number of aliphatic hydroxyl groups excluding tert-OH is 1. The number of hydrogen-bond donors (Lipinski definition) is 2. The molecule has 6 rings (SSSR count). The number of aromatic nitrogens is 1. The first-order valence-electron chi connectivity index (χ1n) is 12.2. The number of aliphatic hydroxyl groups is 1. The van der Waals surface area contributed by atoms with Crippen molar-refractivity contribution in [2.45, 2.75) is 13.0 Å². The zero-order valence-corrected chi connectivity index (χ0v) is 20.1. The normalized spacial score (nSPS) is 17.1. The number of ether oxygens (including phenoxy) is 1. The van der Waals surface area contributed by atoms with Gasteiger partial charge in [0.05, 0.1) is 18.2 Å². The number of benzene rings is 4. The molecule has 1 saturated heterocycles. The van der Waals surface area contributed by atoms with Crippen molar-refractivity contribution in [1.29, 1.82) is 0 Å². The lowest BCUT2D eigenvalue weighted by Crippen LogP contribution is -2.29. The third-order valence-corrected chi connectivity index (χ3v) is 6.81. The van der Waals surface area contributed by atoms with Gasteiger partial charge in [0.25, 0.3) is 11.7 Å². The maximum absolute atomic E-state index is 13.5. The summed E-state index contributed by atoms with van der Waals surface area (Å²) in [5.41, 5.74) is 2.68. The quantitative estimate of drug-likeness (QED) is 0.172. The van der Waals surface area contributed by atoms with Gasteiger partial charge in [0.2, 0.25) is 0 Å². The van der Waals surface area contributed by atoms with Crippen LogP contribution in [0, 0.1) is 0 Å². The number of carbonyl (C=O) groups is 2. The molecule has 5 aromatic rings. The topological polar surface area (TPSA) is 82.6 Å². The summed E-state index contributed by atoms with van der Waals surface area (Å²) in [7, 11) is 0. The van der Waals surface area contributed by atoms with Gasteiger partial charge in [0.15, 0.2) is 0 Å². The Labute approximate surface area is 213 Å². The fraction of sp³-hybridized carbons (Fsp3) is 0.0968. The lowest BCUT2D eigenvalue weighted by Gasteiger charge is -2.25. The minimum absolute atomic E-state index is 0.0546. The minimum Gasteiger partial charge on any atom is -0.507 e. The van der Waals surface area contributed by atoms with E-state index in [1.165, 1.54) is 4.90 Å². The summed E-state index contributed by atoms with van der Waals surface area (Å²) >= 11 is 0. The number of amides is 1. The maximum Gasteiger partial charge on any atom is 0.300 e. The van der Waals surface area contributed by atoms with Crippen molar-refractivity contribution < 1.29 is 19.4 Å². The highest BCUT2D eigenvalue weighted by molar-refractivity contribution is 6.52. The number of para-hydroxylation sites is 1. The molecule has 0 saturated carbocycles. The second kappa shape index (κ2) is 8.99. The van der Waals surface area contributed by atoms with E-state index in [-0.39, 0.29) is 11.3 Å². The number of aromatic amines is 1. The molecule has 6 nitrogen and oxygen atoms in total. The van der Waals surface area contributed by atoms with E-state index in [1.54, 1.807) is 36.5 Å². The molecule has 0 radical (unpaired) electrons. The average molecular weight is 489 g/mol. The highest BCUT2D eigenvalue weighted by Gasteiger charge is 2.47. The molecule has 37 heavy (non-hydrogen) atoms. The molecular formula is C31H24N2O4. The number of carbonyl (C=O) groups excluding carboxylic acids is 2. The minimum atomic E-state index is -0.819. The van der Waals surface area contributed by atoms with Gasteiger partial charge >= 0.3 is 0 Å². The van der Waals surface area contributed by atoms with E-state index in [4.69, 9.17) is 4.74 Å². The molecule has 182 valence electrons. The Morgan fingerprint density at radius 1 is 0.919 bits per heavy atom. The first kappa shape index (κ1) is 22.6. The van der Waals surface area contributed by atoms with Crippen molar-refractivity contribution in [3.05, 3.63) is 114 Å². The number of rotatable bonds is 5. The van der Waals surface area contributed by atoms with Crippen LogP contribution in [0.4, 0.5) is 5.69 Å². The number of H-pyrrole nitrogens is 1. The zero-order valence-electron chi connectivity index (χ0n) is 20.1. The van der Waals surface area contributed by atoms with E-state index in [2.05, 4.69) is 4.98 Å². The monoisotopic (exact) mass is 488 g/mol. The van der Waals surface area contributed by atoms with Crippen LogP contribution in [0.5, 0.6) is 5.75 Å². The predicted octanol–water partition coefficient (Wildman–Crippen LogP) is 6.35. The van der Waals surface area contributed by atoms with E-state index >= 15 is 0 Å². The van der Waals surface area contributed by atoms with Crippen molar-refractivity contribution >= 4 is 44.8 Å². The van der Waals surface area contributed by atoms with Crippen LogP contribution in [0.25, 0.3) is 27.4 Å². The molecule has 0 spiro atoms. The average Bonchev–Trinajstić information content (AvgIpc) is 3.47. The highest BCUT2D eigenvalue weighted by Crippen LogP contribution is 2.44. The number of hydrogen-bond acceptors (Lipinski definition) is 4. The molecule has 4 aromatic carbocycles. The van der Waals surface area contributed by atoms with Crippen molar-refractivity contribution in [2.75, 3.05) is 11.5 Å². The second-order valence-corrected chi connectivity index (χ2v) is 8.95. The largest absolute Gasteiger partial charge is 0.507 e. The summed E-state index contributed by atoms with van der Waals surface area (Å²) in [6.45, 7) is 2.42. The molecule has 6 heteroatoms. The van der Waals surface area contributed by atoms with Gasteiger partial charge in [-0.05, 0) is 54.1 Å². The van der Waals surface area contributed by atoms with Crippen LogP contribution in [0.2, 0.25) is 0 Å². The van der Waals surface area contributed by atoms with Crippen LogP contribution in [-0.2, 0) is 9.59 Å². The molecule has 0 aliphatic carbocycles. The summed E-state index contributed by atoms with van der Waals surface area (Å²) < 4.78 is 5.56. The molecule has 1 fully saturated rings. The van der Waals surface area contributed by atoms with E-state index in [9.17, 15) is 14.7 Å². The van der Waals surface area contributed by atoms with Gasteiger partial charge in [-0.2, -0.15) is 0 Å². The SMILES string of the molecule is CCOc1ccc(N2C(=O)C(=O)/C(=C(/O)c3ccc4ccccc4c3)C2c2c[nH]c3ccccc23)cc1. The Kier molecular flexibility index (Phi) is 5.49. The Morgan fingerprint density at radius 2 is 1.65 bits per heavy atom. The van der Waals surface area contributed by atoms with Crippen molar-refractivity contribution in [2.24, 2.45) is 0 Å². The smallest absolute Gasteiger partial charge is 0.300 e. The summed E-state index contributed by atoms with van der Waals surface area (Å²) in [5, 5.41) is 14.4. The van der Waals surface area contributed by atoms with E-state index in [1.807, 2.05) is 67.6 Å². The predicted molar refractivity (Wildman–Crippen MR) is 145 cm³/mol. The van der Waals surface area contributed by atoms with Gasteiger partial charge in [-0.15, -0.1) is 0 Å². The number of ketones is 1. The van der Waals surface area contributed by atoms with Crippen LogP contribution in [0.3, 0.4) is 0 Å². The first-order chi connectivity index (χ1) is 18.1. The van der Waals surface area contributed by atoms with Gasteiger partial charge in [-0.25, -0.2) is 0 Å². The number of Topliss-reactive ketones (excluding diaryl/α,β-unsaturated/α-hetero) is 1. The Hall–Kier alpha value is -4.84. The summed E-state index contributed by atoms with van der Waals surface area (Å²) in [4.78, 5) is 31.7. The van der Waals surface area contributed by atoms with E-state index in [0.717, 1.165) is 27.2 Å². The third-order valence-electron chi connectivity index (χ3n) is 6.81. The molecule has 1 amide bonds. The molecule has 1 atom stereocenters. The molecule has 2 heterocycles. The molecule has 1 aromatic heterocycles. The van der Waals surface area contributed by atoms with Gasteiger partial charge in [-0.1, -0.05) is 54.6 Å². The Balaban J connectivity index is 1.56. The maximum atomic E-state index is 13.5. The fourth-order valence-corrected chi connectivity index (χ4v) is 5.08. The van der Waals surface area contributed by atoms with Crippen molar-refractivity contribution in [3.8, 4) is 5.75 Å². The molecule has 1 aliphatic heterocycles. The zero-order chi connectivity index (χ0) is 25.5. The van der Waals surface area contributed by atoms with Gasteiger partial charge < -0.3 is 14.8 Å². The van der Waals surface area contributed by atoms with Crippen molar-refractivity contribution in [1.82, 2.24) is 4.98 Å².